The maximum Gasteiger partial charge on any atom is 0.110 e. The molecule has 0 N–H and O–H groups in total. The summed E-state index contributed by atoms with van der Waals surface area (Å²) < 4.78 is 16.1. The van der Waals surface area contributed by atoms with Gasteiger partial charge in [-0.15, -0.1) is 0 Å². The molecule has 0 spiro atoms. The smallest absolute Gasteiger partial charge is 0.110 e. The molecule has 0 aromatic heterocycles. The summed E-state index contributed by atoms with van der Waals surface area (Å²) in [7, 11) is -0.598. The molecule has 0 aromatic carbocycles. The van der Waals surface area contributed by atoms with Crippen LogP contribution in [0.5, 0.6) is 0 Å². The average Bonchev–Trinajstić information content (AvgIpc) is 2.61. The van der Waals surface area contributed by atoms with E-state index in [0.717, 1.165) is 11.3 Å². The second-order valence-electron chi connectivity index (χ2n) is 3.12. The Balaban J connectivity index is 2.27. The Kier molecular flexibility index (Phi) is 2.71. The molecule has 3 unspecified atom stereocenters. The van der Waals surface area contributed by atoms with Crippen LogP contribution in [0.15, 0.2) is 11.8 Å². The molecule has 0 bridgehead atoms. The minimum atomic E-state index is -0.598. The Morgan fingerprint density at radius 3 is 2.64 bits per heavy atom. The molecule has 1 rings (SSSR count). The van der Waals surface area contributed by atoms with E-state index in [2.05, 4.69) is 0 Å². The standard InChI is InChI=1S/C8H14O2S/c1-6(2)4-10-7(3)8-5-11(8)9/h4,7-8H,5H2,1-3H3. The number of hydrogen-bond donors (Lipinski definition) is 0. The lowest BCUT2D eigenvalue weighted by Crippen LogP contribution is -2.12. The van der Waals surface area contributed by atoms with Gasteiger partial charge in [0.1, 0.15) is 6.10 Å². The Morgan fingerprint density at radius 2 is 2.27 bits per heavy atom. The maximum absolute atomic E-state index is 10.8. The number of rotatable bonds is 3. The molecule has 0 aromatic rings. The summed E-state index contributed by atoms with van der Waals surface area (Å²) >= 11 is 0. The van der Waals surface area contributed by atoms with Crippen molar-refractivity contribution in [2.45, 2.75) is 32.1 Å². The Labute approximate surface area is 70.1 Å². The van der Waals surface area contributed by atoms with E-state index in [9.17, 15) is 4.21 Å². The van der Waals surface area contributed by atoms with Crippen molar-refractivity contribution in [3.05, 3.63) is 11.8 Å². The van der Waals surface area contributed by atoms with Gasteiger partial charge in [0.05, 0.1) is 11.5 Å². The van der Waals surface area contributed by atoms with Crippen LogP contribution in [0.2, 0.25) is 0 Å². The second-order valence-corrected chi connectivity index (χ2v) is 4.82. The number of ether oxygens (including phenoxy) is 1. The molecule has 0 radical (unpaired) electrons. The Hall–Kier alpha value is -0.310. The van der Waals surface area contributed by atoms with Gasteiger partial charge in [0.2, 0.25) is 0 Å². The molecule has 2 nitrogen and oxygen atoms in total. The van der Waals surface area contributed by atoms with E-state index >= 15 is 0 Å². The van der Waals surface area contributed by atoms with Crippen molar-refractivity contribution in [1.29, 1.82) is 0 Å². The fourth-order valence-electron chi connectivity index (χ4n) is 0.803. The van der Waals surface area contributed by atoms with Crippen molar-refractivity contribution in [2.75, 3.05) is 5.75 Å². The molecule has 3 heteroatoms. The van der Waals surface area contributed by atoms with Crippen LogP contribution < -0.4 is 0 Å². The predicted molar refractivity (Wildman–Crippen MR) is 46.8 cm³/mol. The lowest BCUT2D eigenvalue weighted by atomic mass is 10.3. The predicted octanol–water partition coefficient (Wildman–Crippen LogP) is 1.45. The van der Waals surface area contributed by atoms with Crippen LogP contribution in [0.25, 0.3) is 0 Å². The van der Waals surface area contributed by atoms with Gasteiger partial charge in [-0.3, -0.25) is 4.21 Å². The second kappa shape index (κ2) is 3.39. The Morgan fingerprint density at radius 1 is 1.73 bits per heavy atom. The highest BCUT2D eigenvalue weighted by Crippen LogP contribution is 2.21. The largest absolute Gasteiger partial charge is 0.497 e. The van der Waals surface area contributed by atoms with Crippen LogP contribution in [-0.2, 0) is 15.5 Å². The van der Waals surface area contributed by atoms with Gasteiger partial charge in [-0.05, 0) is 26.3 Å². The summed E-state index contributed by atoms with van der Waals surface area (Å²) in [6, 6.07) is 0. The molecular weight excluding hydrogens is 160 g/mol. The van der Waals surface area contributed by atoms with E-state index < -0.39 is 10.8 Å². The Bertz CT molecular complexity index is 194. The zero-order chi connectivity index (χ0) is 8.43. The molecule has 1 aliphatic rings. The molecule has 64 valence electrons. The highest BCUT2D eigenvalue weighted by Gasteiger charge is 2.38. The van der Waals surface area contributed by atoms with Gasteiger partial charge < -0.3 is 4.74 Å². The topological polar surface area (TPSA) is 26.3 Å². The summed E-state index contributed by atoms with van der Waals surface area (Å²) in [5.74, 6) is 0.817. The third kappa shape index (κ3) is 2.66. The van der Waals surface area contributed by atoms with Crippen LogP contribution >= 0.6 is 0 Å². The van der Waals surface area contributed by atoms with Gasteiger partial charge in [-0.25, -0.2) is 0 Å². The van der Waals surface area contributed by atoms with E-state index in [-0.39, 0.29) is 11.4 Å². The van der Waals surface area contributed by atoms with Gasteiger partial charge in [-0.2, -0.15) is 0 Å². The zero-order valence-electron chi connectivity index (χ0n) is 7.16. The molecule has 1 saturated heterocycles. The summed E-state index contributed by atoms with van der Waals surface area (Å²) in [6.07, 6.45) is 1.85. The first-order valence-electron chi connectivity index (χ1n) is 3.77. The van der Waals surface area contributed by atoms with E-state index in [1.165, 1.54) is 0 Å². The van der Waals surface area contributed by atoms with Gasteiger partial charge in [0, 0.05) is 16.6 Å². The molecule has 11 heavy (non-hydrogen) atoms. The fourth-order valence-corrected chi connectivity index (χ4v) is 1.98. The lowest BCUT2D eigenvalue weighted by Gasteiger charge is -2.07. The zero-order valence-corrected chi connectivity index (χ0v) is 7.98. The first-order chi connectivity index (χ1) is 5.11. The van der Waals surface area contributed by atoms with E-state index in [1.807, 2.05) is 20.8 Å². The summed E-state index contributed by atoms with van der Waals surface area (Å²) in [6.45, 7) is 5.93. The van der Waals surface area contributed by atoms with Crippen LogP contribution in [0.4, 0.5) is 0 Å². The molecule has 1 heterocycles. The normalized spacial score (nSPS) is 30.8. The van der Waals surface area contributed by atoms with Crippen molar-refractivity contribution in [2.24, 2.45) is 0 Å². The van der Waals surface area contributed by atoms with Gasteiger partial charge in [0.25, 0.3) is 0 Å². The van der Waals surface area contributed by atoms with E-state index in [4.69, 9.17) is 4.74 Å². The van der Waals surface area contributed by atoms with Crippen LogP contribution in [0.3, 0.4) is 0 Å². The first kappa shape index (κ1) is 8.78. The molecular formula is C8H14O2S. The highest BCUT2D eigenvalue weighted by atomic mass is 32.2. The fraction of sp³-hybridized carbons (Fsp3) is 0.750. The summed E-state index contributed by atoms with van der Waals surface area (Å²) in [5.41, 5.74) is 1.14. The van der Waals surface area contributed by atoms with E-state index in [0.29, 0.717) is 0 Å². The summed E-state index contributed by atoms with van der Waals surface area (Å²) in [4.78, 5) is 0. The van der Waals surface area contributed by atoms with Crippen molar-refractivity contribution < 1.29 is 8.95 Å². The molecule has 0 saturated carbocycles. The monoisotopic (exact) mass is 174 g/mol. The molecule has 0 aliphatic carbocycles. The maximum atomic E-state index is 10.8. The van der Waals surface area contributed by atoms with Gasteiger partial charge in [-0.1, -0.05) is 0 Å². The van der Waals surface area contributed by atoms with Crippen LogP contribution in [0.1, 0.15) is 20.8 Å². The minimum Gasteiger partial charge on any atom is -0.497 e. The van der Waals surface area contributed by atoms with Gasteiger partial charge in [0.15, 0.2) is 0 Å². The number of allylic oxidation sites excluding steroid dienone is 1. The molecule has 1 aliphatic heterocycles. The molecule has 3 atom stereocenters. The third-order valence-corrected chi connectivity index (χ3v) is 3.08. The minimum absolute atomic E-state index is 0.116. The van der Waals surface area contributed by atoms with Crippen LogP contribution in [-0.4, -0.2) is 21.3 Å². The third-order valence-electron chi connectivity index (χ3n) is 1.59. The summed E-state index contributed by atoms with van der Waals surface area (Å²) in [5, 5.41) is 0.283. The lowest BCUT2D eigenvalue weighted by molar-refractivity contribution is 0.167. The first-order valence-corrected chi connectivity index (χ1v) is 5.15. The molecule has 0 amide bonds. The number of hydrogen-bond acceptors (Lipinski definition) is 2. The molecule has 1 fully saturated rings. The van der Waals surface area contributed by atoms with Crippen molar-refractivity contribution in [3.63, 3.8) is 0 Å². The average molecular weight is 174 g/mol. The van der Waals surface area contributed by atoms with Crippen molar-refractivity contribution in [1.82, 2.24) is 0 Å². The highest BCUT2D eigenvalue weighted by molar-refractivity contribution is 7.93. The van der Waals surface area contributed by atoms with E-state index in [1.54, 1.807) is 6.26 Å². The quantitative estimate of drug-likeness (QED) is 0.478. The van der Waals surface area contributed by atoms with Crippen LogP contribution in [0, 0.1) is 0 Å². The van der Waals surface area contributed by atoms with Gasteiger partial charge >= 0.3 is 0 Å². The van der Waals surface area contributed by atoms with Crippen molar-refractivity contribution >= 4 is 10.8 Å². The van der Waals surface area contributed by atoms with Crippen molar-refractivity contribution in [3.8, 4) is 0 Å². The SMILES string of the molecule is CC(C)=COC(C)C1CS1=O.